The third-order valence-electron chi connectivity index (χ3n) is 14.2. The zero-order valence-corrected chi connectivity index (χ0v) is 42.4. The lowest BCUT2D eigenvalue weighted by Gasteiger charge is -2.41. The van der Waals surface area contributed by atoms with Crippen molar-refractivity contribution in [1.82, 2.24) is 15.1 Å². The molecule has 2 aromatic rings. The number of phenolic OH excluding ortho intramolecular Hbond substituents is 2. The summed E-state index contributed by atoms with van der Waals surface area (Å²) in [5, 5.41) is 47.5. The quantitative estimate of drug-likeness (QED) is 0.0519. The van der Waals surface area contributed by atoms with E-state index in [-0.39, 0.29) is 79.6 Å². The highest BCUT2D eigenvalue weighted by molar-refractivity contribution is 7.85. The third-order valence-corrected chi connectivity index (χ3v) is 14.9. The molecular weight excluding hydrogens is 903 g/mol. The first-order valence-electron chi connectivity index (χ1n) is 24.3. The summed E-state index contributed by atoms with van der Waals surface area (Å²) in [5.74, 6) is -2.04. The average molecular weight is 976 g/mol. The van der Waals surface area contributed by atoms with E-state index in [0.717, 1.165) is 25.7 Å². The number of amides is 3. The van der Waals surface area contributed by atoms with Crippen LogP contribution in [-0.4, -0.2) is 109 Å². The first-order valence-corrected chi connectivity index (χ1v) is 25.9. The van der Waals surface area contributed by atoms with Crippen LogP contribution >= 0.6 is 0 Å². The Balaban J connectivity index is 1.17. The van der Waals surface area contributed by atoms with Gasteiger partial charge in [-0.15, -0.1) is 0 Å². The van der Waals surface area contributed by atoms with Crippen LogP contribution in [0, 0.1) is 0 Å². The van der Waals surface area contributed by atoms with Gasteiger partial charge in [-0.2, -0.15) is 8.42 Å². The second-order valence-corrected chi connectivity index (χ2v) is 22.0. The number of fused-ring (bicyclic) bond motifs is 6. The molecule has 4 aliphatic heterocycles. The van der Waals surface area contributed by atoms with Gasteiger partial charge in [-0.25, -0.2) is 0 Å². The Kier molecular flexibility index (Phi) is 16.9. The average Bonchev–Trinajstić information content (AvgIpc) is 3.74. The van der Waals surface area contributed by atoms with E-state index in [2.05, 4.69) is 71.2 Å². The van der Waals surface area contributed by atoms with Crippen LogP contribution in [0.15, 0.2) is 58.7 Å². The number of hydrogen-bond acceptors (Lipinski definition) is 11. The topological polar surface area (TPSA) is 223 Å². The zero-order valence-electron chi connectivity index (χ0n) is 41.6. The molecule has 6 N–H and O–H groups in total. The fourth-order valence-corrected chi connectivity index (χ4v) is 10.2. The summed E-state index contributed by atoms with van der Waals surface area (Å²) >= 11 is 0. The summed E-state index contributed by atoms with van der Waals surface area (Å²) in [6.45, 7) is 15.9. The highest BCUT2D eigenvalue weighted by Crippen LogP contribution is 2.48. The van der Waals surface area contributed by atoms with Crippen molar-refractivity contribution in [3.8, 4) is 23.0 Å². The van der Waals surface area contributed by atoms with Crippen molar-refractivity contribution in [3.05, 3.63) is 92.1 Å². The number of aliphatic hydroxyl groups is 2. The van der Waals surface area contributed by atoms with E-state index in [4.69, 9.17) is 9.47 Å². The molecule has 0 fully saturated rings. The number of rotatable bonds is 21. The van der Waals surface area contributed by atoms with E-state index in [1.807, 2.05) is 6.92 Å². The van der Waals surface area contributed by atoms with Gasteiger partial charge in [-0.05, 0) is 132 Å². The molecule has 0 bridgehead atoms. The van der Waals surface area contributed by atoms with Gasteiger partial charge in [0.2, 0.25) is 5.91 Å². The lowest BCUT2D eigenvalue weighted by atomic mass is 9.84. The van der Waals surface area contributed by atoms with Gasteiger partial charge in [0.25, 0.3) is 21.9 Å². The molecule has 378 valence electrons. The minimum atomic E-state index is -4.42. The fourth-order valence-electron chi connectivity index (χ4n) is 9.83. The van der Waals surface area contributed by atoms with Gasteiger partial charge in [0, 0.05) is 48.2 Å². The lowest BCUT2D eigenvalue weighted by Crippen LogP contribution is -2.49. The number of nitrogens with one attached hydrogen (secondary N) is 1. The summed E-state index contributed by atoms with van der Waals surface area (Å²) in [6.07, 6.45) is 13.3. The summed E-state index contributed by atoms with van der Waals surface area (Å²) in [5.41, 5.74) is 5.17. The standard InChI is InChI=1S/C53H73N3O12S/c1-32(2)14-9-16-34(5)18-11-21-52(7)45(59)28-38-43(57)26-36-40(47(38)67-52)30-55(50(36)62)24-13-20-42(49(61)54-23-25-69(64,65)66)56-31-41-37(51(56)63)27-44(58)39-29-46(60)53(8,68-48(39)41)22-12-19-35(6)17-10-15-33(3)4/h14-15,18-19,26-27,42,45-46,57-60H,9-13,16-17,20-25,28-31H2,1-8H3,(H,54,61)(H,64,65,66)/b34-18+,35-19+/t42-,45-,46-,52+,53+/m0/s1. The molecule has 15 nitrogen and oxygen atoms in total. The normalized spacial score (nSPS) is 22.5. The monoisotopic (exact) mass is 975 g/mol. The van der Waals surface area contributed by atoms with Crippen molar-refractivity contribution in [2.24, 2.45) is 0 Å². The fraction of sp³-hybridized carbons (Fsp3) is 0.566. The van der Waals surface area contributed by atoms with Gasteiger partial charge in [-0.3, -0.25) is 18.9 Å². The number of ether oxygens (including phenoxy) is 2. The molecular formula is C53H73N3O12S. The van der Waals surface area contributed by atoms with Gasteiger partial charge in [0.05, 0.1) is 42.2 Å². The van der Waals surface area contributed by atoms with Crippen LogP contribution in [0.25, 0.3) is 0 Å². The minimum Gasteiger partial charge on any atom is -0.508 e. The molecule has 0 saturated carbocycles. The third kappa shape index (κ3) is 12.6. The molecule has 0 saturated heterocycles. The van der Waals surface area contributed by atoms with Crippen molar-refractivity contribution in [2.75, 3.05) is 18.8 Å². The van der Waals surface area contributed by atoms with Gasteiger partial charge in [-0.1, -0.05) is 46.6 Å². The maximum atomic E-state index is 14.3. The Morgan fingerprint density at radius 3 is 1.71 bits per heavy atom. The van der Waals surface area contributed by atoms with E-state index in [9.17, 15) is 47.8 Å². The van der Waals surface area contributed by atoms with E-state index in [1.165, 1.54) is 39.3 Å². The smallest absolute Gasteiger partial charge is 0.266 e. The first-order chi connectivity index (χ1) is 32.4. The molecule has 5 atom stereocenters. The number of hydrogen-bond donors (Lipinski definition) is 6. The molecule has 0 unspecified atom stereocenters. The highest BCUT2D eigenvalue weighted by atomic mass is 32.2. The second kappa shape index (κ2) is 21.9. The number of carbonyl (C=O) groups excluding carboxylic acids is 3. The molecule has 2 aromatic carbocycles. The maximum absolute atomic E-state index is 14.3. The zero-order chi connectivity index (χ0) is 50.6. The number of aromatic hydroxyl groups is 2. The number of phenols is 2. The van der Waals surface area contributed by atoms with Crippen LogP contribution < -0.4 is 14.8 Å². The summed E-state index contributed by atoms with van der Waals surface area (Å²) in [4.78, 5) is 45.1. The van der Waals surface area contributed by atoms with Crippen LogP contribution in [-0.2, 0) is 40.8 Å². The van der Waals surface area contributed by atoms with Gasteiger partial charge < -0.3 is 45.0 Å². The van der Waals surface area contributed by atoms with E-state index in [0.29, 0.717) is 53.7 Å². The molecule has 0 radical (unpaired) electrons. The molecule has 69 heavy (non-hydrogen) atoms. The lowest BCUT2D eigenvalue weighted by molar-refractivity contribution is -0.125. The molecule has 0 aliphatic carbocycles. The van der Waals surface area contributed by atoms with E-state index in [1.54, 1.807) is 11.8 Å². The van der Waals surface area contributed by atoms with Crippen LogP contribution in [0.4, 0.5) is 0 Å². The SMILES string of the molecule is CC(C)=CCC/C(C)=C/CC[C@@]1(C)Oc2c(c(O)cc3c2CN(CCC[C@@H](C(=O)NCCS(=O)(=O)O)N2Cc4c(cc(O)c5c4O[C@](C)(CC/C=C(\C)CCC=C(C)C)[C@@H](O)C5)C2=O)C3=O)C[C@@H]1O. The number of carbonyl (C=O) groups is 3. The van der Waals surface area contributed by atoms with Gasteiger partial charge in [0.15, 0.2) is 0 Å². The van der Waals surface area contributed by atoms with Crippen LogP contribution in [0.5, 0.6) is 23.0 Å². The molecule has 0 spiro atoms. The van der Waals surface area contributed by atoms with Crippen molar-refractivity contribution >= 4 is 27.8 Å². The number of allylic oxidation sites excluding steroid dienone is 8. The Hall–Kier alpha value is -5.16. The molecule has 16 heteroatoms. The van der Waals surface area contributed by atoms with Gasteiger partial charge in [0.1, 0.15) is 40.2 Å². The van der Waals surface area contributed by atoms with Crippen LogP contribution in [0.2, 0.25) is 0 Å². The van der Waals surface area contributed by atoms with Crippen molar-refractivity contribution in [1.29, 1.82) is 0 Å². The van der Waals surface area contributed by atoms with Crippen LogP contribution in [0.1, 0.15) is 163 Å². The van der Waals surface area contributed by atoms with Crippen molar-refractivity contribution in [2.45, 2.75) is 175 Å². The Labute approximate surface area is 407 Å². The number of aliphatic hydroxyl groups excluding tert-OH is 2. The molecule has 4 heterocycles. The molecule has 4 aliphatic rings. The van der Waals surface area contributed by atoms with Crippen molar-refractivity contribution in [3.63, 3.8) is 0 Å². The number of benzene rings is 2. The van der Waals surface area contributed by atoms with E-state index < -0.39 is 63.7 Å². The first kappa shape index (κ1) is 53.2. The van der Waals surface area contributed by atoms with Crippen molar-refractivity contribution < 1.29 is 57.3 Å². The summed E-state index contributed by atoms with van der Waals surface area (Å²) in [6, 6.07) is 1.57. The summed E-state index contributed by atoms with van der Waals surface area (Å²) in [7, 11) is -4.42. The Morgan fingerprint density at radius 2 is 1.23 bits per heavy atom. The minimum absolute atomic E-state index is 0.0354. The molecule has 0 aromatic heterocycles. The molecule has 6 rings (SSSR count). The predicted octanol–water partition coefficient (Wildman–Crippen LogP) is 7.92. The Bertz CT molecular complexity index is 2540. The molecule has 3 amide bonds. The Morgan fingerprint density at radius 1 is 0.754 bits per heavy atom. The van der Waals surface area contributed by atoms with E-state index >= 15 is 0 Å². The maximum Gasteiger partial charge on any atom is 0.266 e. The largest absolute Gasteiger partial charge is 0.508 e. The second-order valence-electron chi connectivity index (χ2n) is 20.4. The van der Waals surface area contributed by atoms with Gasteiger partial charge >= 0.3 is 0 Å². The van der Waals surface area contributed by atoms with Crippen LogP contribution in [0.3, 0.4) is 0 Å². The predicted molar refractivity (Wildman–Crippen MR) is 264 cm³/mol. The highest BCUT2D eigenvalue weighted by Gasteiger charge is 2.47. The summed E-state index contributed by atoms with van der Waals surface area (Å²) < 4.78 is 45.7. The number of nitrogens with zero attached hydrogens (tertiary/aromatic N) is 2.